The van der Waals surface area contributed by atoms with Crippen molar-refractivity contribution in [2.45, 2.75) is 25.3 Å². The highest BCUT2D eigenvalue weighted by molar-refractivity contribution is 6.05. The first-order valence-corrected chi connectivity index (χ1v) is 8.66. The third-order valence-corrected chi connectivity index (χ3v) is 5.39. The molecule has 130 valence electrons. The Morgan fingerprint density at radius 1 is 1.00 bits per heavy atom. The molecule has 0 heterocycles. The summed E-state index contributed by atoms with van der Waals surface area (Å²) < 4.78 is 0. The molecule has 1 aromatic rings. The minimum Gasteiger partial charge on any atom is -0.481 e. The molecule has 0 aliphatic heterocycles. The topological polar surface area (TPSA) is 95.5 Å². The number of carbonyl (C=O) groups is 3. The zero-order valence-electron chi connectivity index (χ0n) is 13.6. The molecule has 2 bridgehead atoms. The fraction of sp³-hybridized carbons (Fsp3) is 0.421. The number of nitrogens with one attached hydrogen (secondary N) is 2. The molecule has 3 aliphatic rings. The maximum absolute atomic E-state index is 12.8. The normalized spacial score (nSPS) is 29.4. The van der Waals surface area contributed by atoms with Crippen LogP contribution in [0.25, 0.3) is 0 Å². The molecule has 2 saturated carbocycles. The van der Waals surface area contributed by atoms with Gasteiger partial charge in [0.05, 0.1) is 23.1 Å². The Kier molecular flexibility index (Phi) is 3.82. The fourth-order valence-corrected chi connectivity index (χ4v) is 4.01. The molecule has 3 N–H and O–H groups in total. The number of amides is 2. The zero-order chi connectivity index (χ0) is 17.6. The number of rotatable bonds is 5. The number of anilines is 1. The number of fused-ring (bicyclic) bond motifs is 2. The maximum atomic E-state index is 12.8. The average molecular weight is 340 g/mol. The number of carboxylic acid groups (broad SMARTS) is 1. The molecule has 6 heteroatoms. The lowest BCUT2D eigenvalue weighted by Crippen LogP contribution is -2.37. The summed E-state index contributed by atoms with van der Waals surface area (Å²) in [5.41, 5.74) is 0.842. The minimum atomic E-state index is -0.934. The summed E-state index contributed by atoms with van der Waals surface area (Å²) >= 11 is 0. The van der Waals surface area contributed by atoms with Gasteiger partial charge in [0.2, 0.25) is 5.91 Å². The van der Waals surface area contributed by atoms with Gasteiger partial charge >= 0.3 is 5.97 Å². The minimum absolute atomic E-state index is 0.0430. The van der Waals surface area contributed by atoms with Crippen LogP contribution in [0.5, 0.6) is 0 Å². The van der Waals surface area contributed by atoms with E-state index in [9.17, 15) is 19.5 Å². The van der Waals surface area contributed by atoms with E-state index in [0.29, 0.717) is 17.7 Å². The molecule has 0 aromatic heterocycles. The number of carboxylic acids is 1. The lowest BCUT2D eigenvalue weighted by molar-refractivity contribution is -0.146. The van der Waals surface area contributed by atoms with Crippen LogP contribution >= 0.6 is 0 Å². The average Bonchev–Trinajstić information content (AvgIpc) is 3.16. The van der Waals surface area contributed by atoms with Gasteiger partial charge in [-0.1, -0.05) is 24.3 Å². The van der Waals surface area contributed by atoms with Crippen molar-refractivity contribution in [3.05, 3.63) is 42.0 Å². The third-order valence-electron chi connectivity index (χ3n) is 5.39. The molecular formula is C19H20N2O4. The first kappa shape index (κ1) is 15.9. The summed E-state index contributed by atoms with van der Waals surface area (Å²) in [6, 6.07) is 7.07. The molecule has 4 rings (SSSR count). The summed E-state index contributed by atoms with van der Waals surface area (Å²) in [5, 5.41) is 15.2. The Labute approximate surface area is 145 Å². The molecule has 2 fully saturated rings. The second-order valence-electron chi connectivity index (χ2n) is 7.12. The van der Waals surface area contributed by atoms with Crippen LogP contribution in [0.4, 0.5) is 5.69 Å². The molecule has 0 spiro atoms. The molecule has 2 amide bonds. The first-order chi connectivity index (χ1) is 12.0. The van der Waals surface area contributed by atoms with Gasteiger partial charge in [-0.15, -0.1) is 0 Å². The Bertz CT molecular complexity index is 768. The largest absolute Gasteiger partial charge is 0.481 e. The number of hydrogen-bond acceptors (Lipinski definition) is 3. The second kappa shape index (κ2) is 6.02. The summed E-state index contributed by atoms with van der Waals surface area (Å²) in [6.45, 7) is 0. The number of allylic oxidation sites excluding steroid dienone is 2. The van der Waals surface area contributed by atoms with E-state index < -0.39 is 17.8 Å². The number of carbonyl (C=O) groups excluding carboxylic acids is 2. The predicted octanol–water partition coefficient (Wildman–Crippen LogP) is 2.04. The van der Waals surface area contributed by atoms with E-state index in [1.165, 1.54) is 0 Å². The van der Waals surface area contributed by atoms with Crippen molar-refractivity contribution < 1.29 is 19.5 Å². The Morgan fingerprint density at radius 3 is 2.36 bits per heavy atom. The van der Waals surface area contributed by atoms with Crippen molar-refractivity contribution >= 4 is 23.5 Å². The highest BCUT2D eigenvalue weighted by atomic mass is 16.4. The molecule has 1 aromatic carbocycles. The highest BCUT2D eigenvalue weighted by Gasteiger charge is 2.51. The van der Waals surface area contributed by atoms with E-state index in [1.807, 2.05) is 12.2 Å². The molecule has 6 nitrogen and oxygen atoms in total. The van der Waals surface area contributed by atoms with Crippen LogP contribution in [0.2, 0.25) is 0 Å². The molecular weight excluding hydrogens is 320 g/mol. The van der Waals surface area contributed by atoms with Crippen LogP contribution in [0.3, 0.4) is 0 Å². The van der Waals surface area contributed by atoms with Gasteiger partial charge in [-0.2, -0.15) is 0 Å². The quantitative estimate of drug-likeness (QED) is 0.715. The smallest absolute Gasteiger partial charge is 0.307 e. The second-order valence-corrected chi connectivity index (χ2v) is 7.12. The predicted molar refractivity (Wildman–Crippen MR) is 90.9 cm³/mol. The van der Waals surface area contributed by atoms with Gasteiger partial charge in [-0.05, 0) is 43.2 Å². The van der Waals surface area contributed by atoms with Crippen LogP contribution in [0.15, 0.2) is 36.4 Å². The number of aliphatic carboxylic acids is 1. The van der Waals surface area contributed by atoms with Crippen molar-refractivity contribution in [2.24, 2.45) is 23.7 Å². The molecule has 0 radical (unpaired) electrons. The summed E-state index contributed by atoms with van der Waals surface area (Å²) in [5.74, 6) is -2.87. The number of para-hydroxylation sites is 1. The Hall–Kier alpha value is -2.63. The van der Waals surface area contributed by atoms with Crippen molar-refractivity contribution in [2.75, 3.05) is 5.32 Å². The monoisotopic (exact) mass is 340 g/mol. The summed E-state index contributed by atoms with van der Waals surface area (Å²) in [6.07, 6.45) is 6.53. The number of benzene rings is 1. The molecule has 4 atom stereocenters. The molecule has 0 unspecified atom stereocenters. The van der Waals surface area contributed by atoms with E-state index in [2.05, 4.69) is 10.6 Å². The van der Waals surface area contributed by atoms with Crippen LogP contribution in [0, 0.1) is 23.7 Å². The SMILES string of the molecule is O=C(NC1CC1)c1ccccc1NC(=O)[C@H]1[C@H](C(=O)O)[C@H]2C=C[C@H]1C2. The van der Waals surface area contributed by atoms with Crippen molar-refractivity contribution in [1.29, 1.82) is 0 Å². The fourth-order valence-electron chi connectivity index (χ4n) is 4.01. The van der Waals surface area contributed by atoms with Crippen LogP contribution in [-0.4, -0.2) is 28.9 Å². The molecule has 0 saturated heterocycles. The van der Waals surface area contributed by atoms with Crippen LogP contribution < -0.4 is 10.6 Å². The van der Waals surface area contributed by atoms with E-state index in [4.69, 9.17) is 0 Å². The third kappa shape index (κ3) is 2.92. The van der Waals surface area contributed by atoms with Gasteiger partial charge in [0.25, 0.3) is 5.91 Å². The van der Waals surface area contributed by atoms with Gasteiger partial charge < -0.3 is 15.7 Å². The zero-order valence-corrected chi connectivity index (χ0v) is 13.6. The lowest BCUT2D eigenvalue weighted by Gasteiger charge is -2.24. The number of hydrogen-bond donors (Lipinski definition) is 3. The van der Waals surface area contributed by atoms with Crippen molar-refractivity contribution in [3.63, 3.8) is 0 Å². The maximum Gasteiger partial charge on any atom is 0.307 e. The standard InChI is InChI=1S/C19H20N2O4/c22-17(20-12-7-8-12)13-3-1-2-4-14(13)21-18(23)15-10-5-6-11(9-10)16(15)19(24)25/h1-6,10-12,15-16H,7-9H2,(H,20,22)(H,21,23)(H,24,25)/t10-,11-,15+,16+/m0/s1. The molecule has 3 aliphatic carbocycles. The van der Waals surface area contributed by atoms with Gasteiger partial charge in [0, 0.05) is 6.04 Å². The first-order valence-electron chi connectivity index (χ1n) is 8.66. The van der Waals surface area contributed by atoms with E-state index in [-0.39, 0.29) is 29.7 Å². The summed E-state index contributed by atoms with van der Waals surface area (Å²) in [7, 11) is 0. The van der Waals surface area contributed by atoms with Crippen molar-refractivity contribution in [1.82, 2.24) is 5.32 Å². The van der Waals surface area contributed by atoms with Gasteiger partial charge in [0.15, 0.2) is 0 Å². The van der Waals surface area contributed by atoms with Crippen LogP contribution in [-0.2, 0) is 9.59 Å². The lowest BCUT2D eigenvalue weighted by atomic mass is 9.82. The Balaban J connectivity index is 1.54. The summed E-state index contributed by atoms with van der Waals surface area (Å²) in [4.78, 5) is 36.7. The van der Waals surface area contributed by atoms with Gasteiger partial charge in [0.1, 0.15) is 0 Å². The highest BCUT2D eigenvalue weighted by Crippen LogP contribution is 2.48. The Morgan fingerprint density at radius 2 is 1.68 bits per heavy atom. The van der Waals surface area contributed by atoms with Crippen molar-refractivity contribution in [3.8, 4) is 0 Å². The van der Waals surface area contributed by atoms with Gasteiger partial charge in [-0.3, -0.25) is 14.4 Å². The van der Waals surface area contributed by atoms with E-state index in [0.717, 1.165) is 12.8 Å². The molecule has 25 heavy (non-hydrogen) atoms. The van der Waals surface area contributed by atoms with Crippen LogP contribution in [0.1, 0.15) is 29.6 Å². The van der Waals surface area contributed by atoms with E-state index in [1.54, 1.807) is 24.3 Å². The van der Waals surface area contributed by atoms with Gasteiger partial charge in [-0.25, -0.2) is 0 Å². The van der Waals surface area contributed by atoms with E-state index >= 15 is 0 Å².